The van der Waals surface area contributed by atoms with Crippen LogP contribution < -0.4 is 0 Å². The summed E-state index contributed by atoms with van der Waals surface area (Å²) >= 11 is 0. The first-order valence-corrected chi connectivity index (χ1v) is 7.14. The van der Waals surface area contributed by atoms with Gasteiger partial charge in [-0.15, -0.1) is 0 Å². The molecule has 1 amide bonds. The van der Waals surface area contributed by atoms with Crippen LogP contribution >= 0.6 is 0 Å². The number of rotatable bonds is 3. The standard InChI is InChI=1S/C16H19NO2/c18-15(12-5-2-1-3-6-12)14-7-4-10-17(11-14)16(19)13-8-9-13/h1-3,5-6,13-14H,4,7-11H2. The van der Waals surface area contributed by atoms with E-state index in [0.717, 1.165) is 37.8 Å². The molecule has 19 heavy (non-hydrogen) atoms. The maximum atomic E-state index is 12.4. The van der Waals surface area contributed by atoms with Crippen molar-refractivity contribution in [1.82, 2.24) is 4.90 Å². The van der Waals surface area contributed by atoms with Crippen molar-refractivity contribution in [2.24, 2.45) is 11.8 Å². The highest BCUT2D eigenvalue weighted by atomic mass is 16.2. The van der Waals surface area contributed by atoms with Gasteiger partial charge < -0.3 is 4.90 Å². The highest BCUT2D eigenvalue weighted by Gasteiger charge is 2.36. The molecule has 3 nitrogen and oxygen atoms in total. The van der Waals surface area contributed by atoms with Crippen LogP contribution in [0.2, 0.25) is 0 Å². The third kappa shape index (κ3) is 2.70. The molecule has 0 bridgehead atoms. The average molecular weight is 257 g/mol. The molecule has 1 aromatic rings. The second kappa shape index (κ2) is 5.16. The van der Waals surface area contributed by atoms with Gasteiger partial charge in [0, 0.05) is 30.5 Å². The molecule has 2 fully saturated rings. The topological polar surface area (TPSA) is 37.4 Å². The Balaban J connectivity index is 1.67. The van der Waals surface area contributed by atoms with Gasteiger partial charge in [-0.2, -0.15) is 0 Å². The van der Waals surface area contributed by atoms with Gasteiger partial charge in [0.05, 0.1) is 0 Å². The highest BCUT2D eigenvalue weighted by Crippen LogP contribution is 2.32. The molecule has 2 aliphatic rings. The number of nitrogens with zero attached hydrogens (tertiary/aromatic N) is 1. The van der Waals surface area contributed by atoms with Crippen molar-refractivity contribution >= 4 is 11.7 Å². The van der Waals surface area contributed by atoms with Crippen molar-refractivity contribution < 1.29 is 9.59 Å². The monoisotopic (exact) mass is 257 g/mol. The van der Waals surface area contributed by atoms with E-state index in [0.29, 0.717) is 6.54 Å². The van der Waals surface area contributed by atoms with Crippen LogP contribution in [0.25, 0.3) is 0 Å². The zero-order chi connectivity index (χ0) is 13.2. The molecule has 1 atom stereocenters. The fraction of sp³-hybridized carbons (Fsp3) is 0.500. The maximum absolute atomic E-state index is 12.4. The molecule has 1 unspecified atom stereocenters. The maximum Gasteiger partial charge on any atom is 0.225 e. The SMILES string of the molecule is O=C(c1ccccc1)C1CCCN(C(=O)C2CC2)C1. The zero-order valence-electron chi connectivity index (χ0n) is 11.0. The molecule has 1 aliphatic heterocycles. The van der Waals surface area contributed by atoms with Crippen molar-refractivity contribution in [3.63, 3.8) is 0 Å². The van der Waals surface area contributed by atoms with Gasteiger partial charge in [-0.25, -0.2) is 0 Å². The fourth-order valence-electron chi connectivity index (χ4n) is 2.82. The molecule has 1 saturated heterocycles. The molecule has 3 heteroatoms. The summed E-state index contributed by atoms with van der Waals surface area (Å²) in [5.41, 5.74) is 0.772. The Bertz CT molecular complexity index is 479. The Morgan fingerprint density at radius 2 is 1.74 bits per heavy atom. The third-order valence-corrected chi connectivity index (χ3v) is 4.09. The minimum absolute atomic E-state index is 0.0150. The molecule has 1 aromatic carbocycles. The van der Waals surface area contributed by atoms with E-state index in [1.807, 2.05) is 35.2 Å². The van der Waals surface area contributed by atoms with E-state index >= 15 is 0 Å². The van der Waals surface area contributed by atoms with Gasteiger partial charge in [-0.3, -0.25) is 9.59 Å². The first-order valence-electron chi connectivity index (χ1n) is 7.14. The Kier molecular flexibility index (Phi) is 3.36. The summed E-state index contributed by atoms with van der Waals surface area (Å²) < 4.78 is 0. The molecule has 1 aliphatic carbocycles. The quantitative estimate of drug-likeness (QED) is 0.780. The molecule has 1 saturated carbocycles. The lowest BCUT2D eigenvalue weighted by atomic mass is 9.90. The molecule has 100 valence electrons. The number of benzene rings is 1. The lowest BCUT2D eigenvalue weighted by Gasteiger charge is -2.32. The first kappa shape index (κ1) is 12.4. The number of likely N-dealkylation sites (tertiary alicyclic amines) is 1. The van der Waals surface area contributed by atoms with E-state index in [1.165, 1.54) is 0 Å². The molecule has 3 rings (SSSR count). The number of carbonyl (C=O) groups excluding carboxylic acids is 2. The Morgan fingerprint density at radius 1 is 1.00 bits per heavy atom. The summed E-state index contributed by atoms with van der Waals surface area (Å²) in [6.07, 6.45) is 3.92. The van der Waals surface area contributed by atoms with E-state index in [1.54, 1.807) is 0 Å². The third-order valence-electron chi connectivity index (χ3n) is 4.09. The van der Waals surface area contributed by atoms with Gasteiger partial charge in [0.2, 0.25) is 5.91 Å². The second-order valence-corrected chi connectivity index (χ2v) is 5.63. The van der Waals surface area contributed by atoms with E-state index in [9.17, 15) is 9.59 Å². The van der Waals surface area contributed by atoms with Crippen LogP contribution in [-0.4, -0.2) is 29.7 Å². The summed E-state index contributed by atoms with van der Waals surface area (Å²) in [4.78, 5) is 26.4. The van der Waals surface area contributed by atoms with Gasteiger partial charge in [0.25, 0.3) is 0 Å². The number of hydrogen-bond donors (Lipinski definition) is 0. The molecule has 0 radical (unpaired) electrons. The van der Waals surface area contributed by atoms with E-state index in [2.05, 4.69) is 0 Å². The first-order chi connectivity index (χ1) is 9.25. The summed E-state index contributed by atoms with van der Waals surface area (Å²) in [5, 5.41) is 0. The summed E-state index contributed by atoms with van der Waals surface area (Å²) in [6, 6.07) is 9.43. The van der Waals surface area contributed by atoms with Crippen molar-refractivity contribution in [2.45, 2.75) is 25.7 Å². The van der Waals surface area contributed by atoms with Crippen LogP contribution in [0.1, 0.15) is 36.0 Å². The number of amides is 1. The van der Waals surface area contributed by atoms with Crippen molar-refractivity contribution in [3.05, 3.63) is 35.9 Å². The smallest absolute Gasteiger partial charge is 0.225 e. The lowest BCUT2D eigenvalue weighted by Crippen LogP contribution is -2.43. The highest BCUT2D eigenvalue weighted by molar-refractivity contribution is 5.98. The largest absolute Gasteiger partial charge is 0.342 e. The fourth-order valence-corrected chi connectivity index (χ4v) is 2.82. The Labute approximate surface area is 113 Å². The lowest BCUT2D eigenvalue weighted by molar-refractivity contribution is -0.133. The number of piperidine rings is 1. The Hall–Kier alpha value is -1.64. The molecule has 0 N–H and O–H groups in total. The number of Topliss-reactive ketones (excluding diaryl/α,β-unsaturated/α-hetero) is 1. The minimum atomic E-state index is -0.0150. The summed E-state index contributed by atoms with van der Waals surface area (Å²) in [5.74, 6) is 0.698. The van der Waals surface area contributed by atoms with Crippen LogP contribution in [0.5, 0.6) is 0 Å². The van der Waals surface area contributed by atoms with Crippen molar-refractivity contribution in [3.8, 4) is 0 Å². The summed E-state index contributed by atoms with van der Waals surface area (Å²) in [7, 11) is 0. The number of ketones is 1. The van der Waals surface area contributed by atoms with Crippen molar-refractivity contribution in [1.29, 1.82) is 0 Å². The average Bonchev–Trinajstić information content (AvgIpc) is 3.31. The normalized spacial score (nSPS) is 23.2. The predicted octanol–water partition coefficient (Wildman–Crippen LogP) is 2.52. The van der Waals surface area contributed by atoms with Crippen molar-refractivity contribution in [2.75, 3.05) is 13.1 Å². The molecule has 0 spiro atoms. The molecular formula is C16H19NO2. The van der Waals surface area contributed by atoms with E-state index < -0.39 is 0 Å². The van der Waals surface area contributed by atoms with Crippen LogP contribution in [0.4, 0.5) is 0 Å². The summed E-state index contributed by atoms with van der Waals surface area (Å²) in [6.45, 7) is 1.44. The predicted molar refractivity (Wildman–Crippen MR) is 72.8 cm³/mol. The van der Waals surface area contributed by atoms with Gasteiger partial charge in [-0.05, 0) is 25.7 Å². The number of hydrogen-bond acceptors (Lipinski definition) is 2. The van der Waals surface area contributed by atoms with E-state index in [-0.39, 0.29) is 23.5 Å². The Morgan fingerprint density at radius 3 is 2.42 bits per heavy atom. The zero-order valence-corrected chi connectivity index (χ0v) is 11.0. The van der Waals surface area contributed by atoms with Gasteiger partial charge in [0.15, 0.2) is 5.78 Å². The molecular weight excluding hydrogens is 238 g/mol. The van der Waals surface area contributed by atoms with E-state index in [4.69, 9.17) is 0 Å². The second-order valence-electron chi connectivity index (χ2n) is 5.63. The number of carbonyl (C=O) groups is 2. The minimum Gasteiger partial charge on any atom is -0.342 e. The van der Waals surface area contributed by atoms with Gasteiger partial charge >= 0.3 is 0 Å². The van der Waals surface area contributed by atoms with Gasteiger partial charge in [-0.1, -0.05) is 30.3 Å². The molecule has 1 heterocycles. The molecule has 0 aromatic heterocycles. The van der Waals surface area contributed by atoms with Crippen LogP contribution in [-0.2, 0) is 4.79 Å². The van der Waals surface area contributed by atoms with Gasteiger partial charge in [0.1, 0.15) is 0 Å². The van der Waals surface area contributed by atoms with Crippen LogP contribution in [0.3, 0.4) is 0 Å². The van der Waals surface area contributed by atoms with Crippen LogP contribution in [0, 0.1) is 11.8 Å². The van der Waals surface area contributed by atoms with Crippen LogP contribution in [0.15, 0.2) is 30.3 Å².